The number of rotatable bonds is 13. The molecule has 2 heterocycles. The molecule has 0 N–H and O–H groups in total. The SMILES string of the molecule is Cl.O=C(CBr)CCc1ccc(Br)cc1.O=[N+]([O-])c1ccc(SC[C@@H]2CO[C@@](CCc3ccc(Cl)cc3)(Cn3ccnc3)O2)cc1. The number of hydrogen-bond donors (Lipinski definition) is 0. The molecular formula is C32H33Br2Cl2N3O5S. The fourth-order valence-corrected chi connectivity index (χ4v) is 6.03. The Morgan fingerprint density at radius 2 is 1.73 bits per heavy atom. The number of nitro groups is 1. The number of carbonyl (C=O) groups excluding carboxylic acids is 1. The maximum absolute atomic E-state index is 11.0. The van der Waals surface area contributed by atoms with Crippen LogP contribution in [-0.4, -0.2) is 49.8 Å². The molecule has 0 radical (unpaired) electrons. The van der Waals surface area contributed by atoms with Crippen molar-refractivity contribution in [2.75, 3.05) is 17.7 Å². The predicted molar refractivity (Wildman–Crippen MR) is 188 cm³/mol. The smallest absolute Gasteiger partial charge is 0.269 e. The first kappa shape index (κ1) is 37.2. The molecule has 0 aliphatic carbocycles. The molecule has 4 aromatic rings. The highest BCUT2D eigenvalue weighted by molar-refractivity contribution is 9.10. The normalized spacial score (nSPS) is 17.2. The van der Waals surface area contributed by atoms with Crippen molar-refractivity contribution in [1.82, 2.24) is 9.55 Å². The summed E-state index contributed by atoms with van der Waals surface area (Å²) in [6.07, 6.45) is 8.27. The minimum Gasteiger partial charge on any atom is -0.345 e. The van der Waals surface area contributed by atoms with Crippen LogP contribution in [0.2, 0.25) is 5.02 Å². The quantitative estimate of drug-likeness (QED) is 0.0578. The van der Waals surface area contributed by atoms with Crippen LogP contribution >= 0.6 is 67.6 Å². The lowest BCUT2D eigenvalue weighted by Crippen LogP contribution is -2.37. The van der Waals surface area contributed by atoms with Crippen LogP contribution in [0.15, 0.2) is 101 Å². The van der Waals surface area contributed by atoms with Crippen LogP contribution in [0.1, 0.15) is 24.0 Å². The average molecular weight is 802 g/mol. The number of aryl methyl sites for hydroxylation is 2. The molecule has 3 aromatic carbocycles. The van der Waals surface area contributed by atoms with Gasteiger partial charge in [-0.1, -0.05) is 67.7 Å². The Labute approximate surface area is 295 Å². The van der Waals surface area contributed by atoms with Crippen LogP contribution in [0.25, 0.3) is 0 Å². The van der Waals surface area contributed by atoms with Gasteiger partial charge in [-0.2, -0.15) is 0 Å². The number of carbonyl (C=O) groups is 1. The van der Waals surface area contributed by atoms with Crippen molar-refractivity contribution in [2.45, 2.75) is 49.0 Å². The minimum absolute atomic E-state index is 0. The summed E-state index contributed by atoms with van der Waals surface area (Å²) in [7, 11) is 0. The summed E-state index contributed by atoms with van der Waals surface area (Å²) in [6.45, 7) is 1.05. The standard InChI is InChI=1S/C22H22ClN3O4S.C10H10Br2O.ClH/c23-18-3-1-17(2-4-18)9-10-22(15-25-12-11-24-16-25)29-13-20(30-22)14-31-21-7-5-19(6-8-21)26(27)28;11-7-10(13)6-3-8-1-4-9(12)5-2-8;/h1-8,11-12,16,20H,9-10,13-15H2;1-2,4-5H,3,6-7H2;1H/t20-,22+;;/m0../s1. The van der Waals surface area contributed by atoms with Crippen LogP contribution in [0.4, 0.5) is 5.69 Å². The first-order valence-electron chi connectivity index (χ1n) is 13.9. The topological polar surface area (TPSA) is 96.5 Å². The average Bonchev–Trinajstić information content (AvgIpc) is 3.70. The summed E-state index contributed by atoms with van der Waals surface area (Å²) < 4.78 is 15.7. The van der Waals surface area contributed by atoms with Gasteiger partial charge in [-0.05, 0) is 60.4 Å². The molecule has 0 bridgehead atoms. The van der Waals surface area contributed by atoms with Gasteiger partial charge >= 0.3 is 0 Å². The van der Waals surface area contributed by atoms with Crippen molar-refractivity contribution >= 4 is 79.1 Å². The lowest BCUT2D eigenvalue weighted by Gasteiger charge is -2.28. The summed E-state index contributed by atoms with van der Waals surface area (Å²) in [5, 5.41) is 12.0. The number of non-ortho nitro benzene ring substituents is 1. The van der Waals surface area contributed by atoms with Gasteiger partial charge in [0.1, 0.15) is 5.78 Å². The second kappa shape index (κ2) is 18.8. The Balaban J connectivity index is 0.000000333. The van der Waals surface area contributed by atoms with Crippen molar-refractivity contribution in [3.8, 4) is 0 Å². The molecule has 1 aliphatic rings. The van der Waals surface area contributed by atoms with Crippen molar-refractivity contribution < 1.29 is 19.2 Å². The van der Waals surface area contributed by atoms with E-state index < -0.39 is 10.7 Å². The van der Waals surface area contributed by atoms with Crippen LogP contribution in [0.5, 0.6) is 0 Å². The molecular weight excluding hydrogens is 769 g/mol. The highest BCUT2D eigenvalue weighted by atomic mass is 79.9. The zero-order valence-electron chi connectivity index (χ0n) is 24.2. The van der Waals surface area contributed by atoms with Crippen LogP contribution in [0, 0.1) is 10.1 Å². The zero-order valence-corrected chi connectivity index (χ0v) is 29.8. The van der Waals surface area contributed by atoms with Gasteiger partial charge in [0, 0.05) is 57.5 Å². The largest absolute Gasteiger partial charge is 0.345 e. The lowest BCUT2D eigenvalue weighted by molar-refractivity contribution is -0.384. The third kappa shape index (κ3) is 12.5. The maximum atomic E-state index is 11.0. The van der Waals surface area contributed by atoms with Gasteiger partial charge in [0.05, 0.1) is 35.8 Å². The number of ketones is 1. The Bertz CT molecular complexity index is 1480. The number of benzene rings is 3. The van der Waals surface area contributed by atoms with Gasteiger partial charge in [0.25, 0.3) is 5.69 Å². The number of ether oxygens (including phenoxy) is 2. The summed E-state index contributed by atoms with van der Waals surface area (Å²) in [5.41, 5.74) is 2.47. The van der Waals surface area contributed by atoms with E-state index in [4.69, 9.17) is 21.1 Å². The fraction of sp³-hybridized carbons (Fsp3) is 0.312. The summed E-state index contributed by atoms with van der Waals surface area (Å²) in [4.78, 5) is 26.5. The number of nitrogens with zero attached hydrogens (tertiary/aromatic N) is 3. The van der Waals surface area contributed by atoms with Gasteiger partial charge in [-0.25, -0.2) is 4.98 Å². The molecule has 1 aromatic heterocycles. The molecule has 0 unspecified atom stereocenters. The van der Waals surface area contributed by atoms with Gasteiger partial charge in [0.2, 0.25) is 0 Å². The van der Waals surface area contributed by atoms with E-state index in [-0.39, 0.29) is 30.0 Å². The van der Waals surface area contributed by atoms with Gasteiger partial charge < -0.3 is 14.0 Å². The molecule has 0 amide bonds. The molecule has 45 heavy (non-hydrogen) atoms. The van der Waals surface area contributed by atoms with Gasteiger partial charge in [-0.3, -0.25) is 14.9 Å². The Kier molecular flexibility index (Phi) is 15.5. The zero-order chi connectivity index (χ0) is 31.4. The van der Waals surface area contributed by atoms with E-state index >= 15 is 0 Å². The van der Waals surface area contributed by atoms with Crippen LogP contribution in [0.3, 0.4) is 0 Å². The Morgan fingerprint density at radius 3 is 2.36 bits per heavy atom. The lowest BCUT2D eigenvalue weighted by atomic mass is 10.0. The first-order chi connectivity index (χ1) is 21.2. The van der Waals surface area contributed by atoms with Crippen LogP contribution < -0.4 is 0 Å². The van der Waals surface area contributed by atoms with Crippen molar-refractivity contribution in [2.24, 2.45) is 0 Å². The van der Waals surface area contributed by atoms with E-state index in [0.717, 1.165) is 22.2 Å². The molecule has 8 nitrogen and oxygen atoms in total. The molecule has 2 atom stereocenters. The van der Waals surface area contributed by atoms with Crippen LogP contribution in [-0.2, 0) is 33.7 Å². The molecule has 0 saturated carbocycles. The van der Waals surface area contributed by atoms with Crippen molar-refractivity contribution in [3.63, 3.8) is 0 Å². The molecule has 5 rings (SSSR count). The monoisotopic (exact) mass is 799 g/mol. The Hall–Kier alpha value is -2.25. The van der Waals surface area contributed by atoms with Gasteiger partial charge in [-0.15, -0.1) is 24.2 Å². The first-order valence-corrected chi connectivity index (χ1v) is 17.2. The fourth-order valence-electron chi connectivity index (χ4n) is 4.49. The third-order valence-corrected chi connectivity index (χ3v) is 9.39. The number of nitro benzene ring substituents is 1. The third-order valence-electron chi connectivity index (χ3n) is 6.84. The molecule has 13 heteroatoms. The highest BCUT2D eigenvalue weighted by Gasteiger charge is 2.41. The summed E-state index contributed by atoms with van der Waals surface area (Å²) >= 11 is 14.1. The number of imidazole rings is 1. The van der Waals surface area contributed by atoms with Crippen molar-refractivity contribution in [3.05, 3.63) is 122 Å². The second-order valence-corrected chi connectivity index (χ2v) is 13.2. The Morgan fingerprint density at radius 1 is 1.07 bits per heavy atom. The number of Topliss-reactive ketones (excluding diaryl/α,β-unsaturated/α-hetero) is 1. The molecule has 240 valence electrons. The van der Waals surface area contributed by atoms with E-state index in [2.05, 4.69) is 36.8 Å². The molecule has 0 spiro atoms. The van der Waals surface area contributed by atoms with E-state index in [1.807, 2.05) is 59.3 Å². The number of hydrogen-bond acceptors (Lipinski definition) is 7. The minimum atomic E-state index is -0.735. The highest BCUT2D eigenvalue weighted by Crippen LogP contribution is 2.33. The molecule has 1 saturated heterocycles. The van der Waals surface area contributed by atoms with E-state index in [1.165, 1.54) is 23.3 Å². The molecule has 1 aliphatic heterocycles. The van der Waals surface area contributed by atoms with E-state index in [1.54, 1.807) is 36.4 Å². The number of aromatic nitrogens is 2. The predicted octanol–water partition coefficient (Wildman–Crippen LogP) is 8.75. The summed E-state index contributed by atoms with van der Waals surface area (Å²) in [5.74, 6) is 0.216. The van der Waals surface area contributed by atoms with E-state index in [9.17, 15) is 14.9 Å². The number of alkyl halides is 1. The maximum Gasteiger partial charge on any atom is 0.269 e. The summed E-state index contributed by atoms with van der Waals surface area (Å²) in [6, 6.07) is 22.4. The molecule has 1 fully saturated rings. The van der Waals surface area contributed by atoms with Gasteiger partial charge in [0.15, 0.2) is 5.79 Å². The number of halogens is 4. The van der Waals surface area contributed by atoms with E-state index in [0.29, 0.717) is 42.1 Å². The second-order valence-electron chi connectivity index (χ2n) is 10.2. The van der Waals surface area contributed by atoms with Crippen molar-refractivity contribution in [1.29, 1.82) is 0 Å². The number of thioether (sulfide) groups is 1.